The molecule has 0 saturated carbocycles. The second-order valence-corrected chi connectivity index (χ2v) is 5.69. The summed E-state index contributed by atoms with van der Waals surface area (Å²) in [5.41, 5.74) is 0.632. The van der Waals surface area contributed by atoms with E-state index in [2.05, 4.69) is 0 Å². The number of aliphatic hydroxyl groups is 1. The highest BCUT2D eigenvalue weighted by Gasteiger charge is 2.41. The number of aromatic carboxylic acids is 1. The number of carbonyl (C=O) groups is 1. The van der Waals surface area contributed by atoms with E-state index in [4.69, 9.17) is 9.84 Å². The average Bonchev–Trinajstić information content (AvgIpc) is 2.62. The van der Waals surface area contributed by atoms with Gasteiger partial charge in [0.1, 0.15) is 17.1 Å². The summed E-state index contributed by atoms with van der Waals surface area (Å²) in [5, 5.41) is 20.7. The van der Waals surface area contributed by atoms with Crippen molar-refractivity contribution < 1.29 is 19.7 Å². The molecule has 24 heavy (non-hydrogen) atoms. The van der Waals surface area contributed by atoms with Gasteiger partial charge in [0.2, 0.25) is 0 Å². The zero-order valence-corrected chi connectivity index (χ0v) is 12.6. The Kier molecular flexibility index (Phi) is 3.15. The van der Waals surface area contributed by atoms with Gasteiger partial charge < -0.3 is 14.9 Å². The Morgan fingerprint density at radius 3 is 1.79 bits per heavy atom. The standard InChI is InChI=1S/C20H14O4/c21-19(22)13-9-11-14(12-10-13)20(23)15-5-1-3-7-17(15)24-18-8-4-2-6-16(18)20/h1-12,23H,(H,21,22). The van der Waals surface area contributed by atoms with Crippen molar-refractivity contribution >= 4 is 5.97 Å². The first-order chi connectivity index (χ1) is 11.6. The first kappa shape index (κ1) is 14.5. The largest absolute Gasteiger partial charge is 0.478 e. The highest BCUT2D eigenvalue weighted by Crippen LogP contribution is 2.49. The Balaban J connectivity index is 1.97. The molecule has 0 aliphatic carbocycles. The van der Waals surface area contributed by atoms with Gasteiger partial charge >= 0.3 is 5.97 Å². The summed E-state index contributed by atoms with van der Waals surface area (Å²) >= 11 is 0. The van der Waals surface area contributed by atoms with E-state index in [-0.39, 0.29) is 5.56 Å². The van der Waals surface area contributed by atoms with Crippen LogP contribution in [0.1, 0.15) is 27.0 Å². The minimum Gasteiger partial charge on any atom is -0.478 e. The van der Waals surface area contributed by atoms with Crippen molar-refractivity contribution in [3.05, 3.63) is 95.1 Å². The summed E-state index contributed by atoms with van der Waals surface area (Å²) in [6.45, 7) is 0. The van der Waals surface area contributed by atoms with Crippen LogP contribution in [0.5, 0.6) is 11.5 Å². The zero-order chi connectivity index (χ0) is 16.7. The van der Waals surface area contributed by atoms with Gasteiger partial charge in [-0.2, -0.15) is 0 Å². The van der Waals surface area contributed by atoms with E-state index in [1.165, 1.54) is 12.1 Å². The molecule has 118 valence electrons. The van der Waals surface area contributed by atoms with Gasteiger partial charge in [0.05, 0.1) is 5.56 Å². The Bertz CT molecular complexity index is 883. The average molecular weight is 318 g/mol. The lowest BCUT2D eigenvalue weighted by Gasteiger charge is -2.36. The quantitative estimate of drug-likeness (QED) is 0.755. The van der Waals surface area contributed by atoms with Crippen molar-refractivity contribution in [2.24, 2.45) is 0 Å². The third-order valence-corrected chi connectivity index (χ3v) is 4.32. The smallest absolute Gasteiger partial charge is 0.335 e. The van der Waals surface area contributed by atoms with Crippen LogP contribution in [0.4, 0.5) is 0 Å². The molecular formula is C20H14O4. The fourth-order valence-corrected chi connectivity index (χ4v) is 3.14. The molecule has 0 amide bonds. The topological polar surface area (TPSA) is 66.8 Å². The fraction of sp³-hybridized carbons (Fsp3) is 0.0500. The maximum absolute atomic E-state index is 11.6. The first-order valence-corrected chi connectivity index (χ1v) is 7.54. The van der Waals surface area contributed by atoms with E-state index >= 15 is 0 Å². The van der Waals surface area contributed by atoms with Crippen molar-refractivity contribution in [1.82, 2.24) is 0 Å². The molecule has 1 aliphatic heterocycles. The second-order valence-electron chi connectivity index (χ2n) is 5.69. The minimum absolute atomic E-state index is 0.177. The van der Waals surface area contributed by atoms with Gasteiger partial charge in [-0.1, -0.05) is 48.5 Å². The molecule has 4 nitrogen and oxygen atoms in total. The van der Waals surface area contributed by atoms with Crippen LogP contribution in [0.3, 0.4) is 0 Å². The SMILES string of the molecule is O=C(O)c1ccc(C2(O)c3ccccc3Oc3ccccc32)cc1. The van der Waals surface area contributed by atoms with Gasteiger partial charge in [-0.15, -0.1) is 0 Å². The van der Waals surface area contributed by atoms with Crippen LogP contribution in [0.25, 0.3) is 0 Å². The predicted octanol–water partition coefficient (Wildman–Crippen LogP) is 3.77. The molecule has 0 fully saturated rings. The van der Waals surface area contributed by atoms with Crippen LogP contribution in [0.2, 0.25) is 0 Å². The summed E-state index contributed by atoms with van der Waals surface area (Å²) in [7, 11) is 0. The van der Waals surface area contributed by atoms with Gasteiger partial charge in [-0.25, -0.2) is 4.79 Å². The molecule has 4 heteroatoms. The van der Waals surface area contributed by atoms with Gasteiger partial charge in [-0.05, 0) is 29.8 Å². The monoisotopic (exact) mass is 318 g/mol. The lowest BCUT2D eigenvalue weighted by Crippen LogP contribution is -2.32. The maximum Gasteiger partial charge on any atom is 0.335 e. The molecule has 0 radical (unpaired) electrons. The number of benzene rings is 3. The molecule has 0 atom stereocenters. The molecule has 1 heterocycles. The van der Waals surface area contributed by atoms with E-state index in [0.717, 1.165) is 0 Å². The number of ether oxygens (including phenoxy) is 1. The summed E-state index contributed by atoms with van der Waals surface area (Å²) in [6, 6.07) is 20.9. The summed E-state index contributed by atoms with van der Waals surface area (Å²) in [6.07, 6.45) is 0. The number of fused-ring (bicyclic) bond motifs is 2. The Morgan fingerprint density at radius 2 is 1.29 bits per heavy atom. The second kappa shape index (κ2) is 5.22. The molecule has 1 aliphatic rings. The third kappa shape index (κ3) is 2.01. The number of hydrogen-bond acceptors (Lipinski definition) is 3. The number of hydrogen-bond donors (Lipinski definition) is 2. The normalized spacial score (nSPS) is 14.2. The summed E-state index contributed by atoms with van der Waals surface area (Å²) < 4.78 is 5.90. The van der Waals surface area contributed by atoms with Crippen LogP contribution in [-0.4, -0.2) is 16.2 Å². The summed E-state index contributed by atoms with van der Waals surface area (Å²) in [5.74, 6) is 0.170. The minimum atomic E-state index is -1.40. The van der Waals surface area contributed by atoms with Crippen LogP contribution < -0.4 is 4.74 Å². The Labute approximate surface area is 138 Å². The number of rotatable bonds is 2. The molecule has 0 aromatic heterocycles. The molecule has 0 bridgehead atoms. The molecule has 4 rings (SSSR count). The highest BCUT2D eigenvalue weighted by molar-refractivity contribution is 5.87. The third-order valence-electron chi connectivity index (χ3n) is 4.32. The van der Waals surface area contributed by atoms with Crippen LogP contribution >= 0.6 is 0 Å². The molecule has 0 unspecified atom stereocenters. The molecule has 3 aromatic carbocycles. The van der Waals surface area contributed by atoms with Gasteiger partial charge in [-0.3, -0.25) is 0 Å². The molecule has 2 N–H and O–H groups in total. The zero-order valence-electron chi connectivity index (χ0n) is 12.6. The van der Waals surface area contributed by atoms with Crippen molar-refractivity contribution in [3.63, 3.8) is 0 Å². The van der Waals surface area contributed by atoms with Crippen molar-refractivity contribution in [2.75, 3.05) is 0 Å². The van der Waals surface area contributed by atoms with Gasteiger partial charge in [0.25, 0.3) is 0 Å². The fourth-order valence-electron chi connectivity index (χ4n) is 3.14. The Morgan fingerprint density at radius 1 is 0.792 bits per heavy atom. The van der Waals surface area contributed by atoms with E-state index in [1.807, 2.05) is 48.5 Å². The van der Waals surface area contributed by atoms with E-state index in [1.54, 1.807) is 12.1 Å². The van der Waals surface area contributed by atoms with E-state index in [9.17, 15) is 9.90 Å². The molecule has 3 aromatic rings. The number of carboxylic acids is 1. The number of para-hydroxylation sites is 2. The molecule has 0 spiro atoms. The highest BCUT2D eigenvalue weighted by atomic mass is 16.5. The first-order valence-electron chi connectivity index (χ1n) is 7.54. The van der Waals surface area contributed by atoms with Crippen LogP contribution in [0, 0.1) is 0 Å². The lowest BCUT2D eigenvalue weighted by atomic mass is 9.78. The Hall–Kier alpha value is -3.11. The van der Waals surface area contributed by atoms with E-state index in [0.29, 0.717) is 28.2 Å². The van der Waals surface area contributed by atoms with Crippen molar-refractivity contribution in [1.29, 1.82) is 0 Å². The maximum atomic E-state index is 11.6. The predicted molar refractivity (Wildman–Crippen MR) is 88.5 cm³/mol. The van der Waals surface area contributed by atoms with Crippen molar-refractivity contribution in [3.8, 4) is 11.5 Å². The molecule has 0 saturated heterocycles. The molecular weight excluding hydrogens is 304 g/mol. The lowest BCUT2D eigenvalue weighted by molar-refractivity contribution is 0.0696. The van der Waals surface area contributed by atoms with E-state index < -0.39 is 11.6 Å². The van der Waals surface area contributed by atoms with Crippen LogP contribution in [0.15, 0.2) is 72.8 Å². The number of carboxylic acid groups (broad SMARTS) is 1. The van der Waals surface area contributed by atoms with Crippen molar-refractivity contribution in [2.45, 2.75) is 5.60 Å². The van der Waals surface area contributed by atoms with Gasteiger partial charge in [0, 0.05) is 11.1 Å². The van der Waals surface area contributed by atoms with Gasteiger partial charge in [0.15, 0.2) is 0 Å². The van der Waals surface area contributed by atoms with Crippen LogP contribution in [-0.2, 0) is 5.60 Å². The summed E-state index contributed by atoms with van der Waals surface area (Å²) in [4.78, 5) is 11.1.